The molecule has 1 saturated heterocycles. The highest BCUT2D eigenvalue weighted by atomic mass is 16.5. The lowest BCUT2D eigenvalue weighted by Gasteiger charge is -2.31. The van der Waals surface area contributed by atoms with Crippen LogP contribution in [0.1, 0.15) is 13.8 Å². The minimum absolute atomic E-state index is 0.112. The molecule has 1 fully saturated rings. The first-order valence-electron chi connectivity index (χ1n) is 3.73. The van der Waals surface area contributed by atoms with Gasteiger partial charge in [0.15, 0.2) is 0 Å². The van der Waals surface area contributed by atoms with E-state index in [0.29, 0.717) is 6.54 Å². The van der Waals surface area contributed by atoms with Crippen LogP contribution in [0, 0.1) is 0 Å². The largest absolute Gasteiger partial charge is 0.480 e. The van der Waals surface area contributed by atoms with E-state index < -0.39 is 12.0 Å². The average Bonchev–Trinajstić information content (AvgIpc) is 1.85. The Morgan fingerprint density at radius 3 is 2.73 bits per heavy atom. The van der Waals surface area contributed by atoms with E-state index in [0.717, 1.165) is 0 Å². The Labute approximate surface area is 65.5 Å². The Hall–Kier alpha value is -0.610. The first-order chi connectivity index (χ1) is 5.11. The maximum Gasteiger partial charge on any atom is 0.323 e. The molecule has 0 radical (unpaired) electrons. The average molecular weight is 159 g/mol. The summed E-state index contributed by atoms with van der Waals surface area (Å²) in [6, 6.07) is -0.550. The van der Waals surface area contributed by atoms with Gasteiger partial charge in [-0.25, -0.2) is 0 Å². The summed E-state index contributed by atoms with van der Waals surface area (Å²) in [5.74, 6) is -0.843. The second kappa shape index (κ2) is 3.19. The molecule has 1 rings (SSSR count). The molecule has 0 bridgehead atoms. The van der Waals surface area contributed by atoms with Gasteiger partial charge in [0, 0.05) is 6.54 Å². The lowest BCUT2D eigenvalue weighted by molar-refractivity contribution is -0.148. The maximum absolute atomic E-state index is 10.5. The smallest absolute Gasteiger partial charge is 0.323 e. The Morgan fingerprint density at radius 2 is 2.27 bits per heavy atom. The van der Waals surface area contributed by atoms with Crippen molar-refractivity contribution < 1.29 is 14.6 Å². The van der Waals surface area contributed by atoms with Crippen LogP contribution in [0.4, 0.5) is 0 Å². The van der Waals surface area contributed by atoms with Crippen molar-refractivity contribution in [2.75, 3.05) is 6.54 Å². The van der Waals surface area contributed by atoms with E-state index in [1.54, 1.807) is 6.92 Å². The van der Waals surface area contributed by atoms with E-state index in [-0.39, 0.29) is 12.2 Å². The number of carbonyl (C=O) groups is 1. The molecule has 11 heavy (non-hydrogen) atoms. The molecule has 0 spiro atoms. The van der Waals surface area contributed by atoms with Crippen molar-refractivity contribution >= 4 is 5.97 Å². The topological polar surface area (TPSA) is 58.6 Å². The normalized spacial score (nSPS) is 38.5. The van der Waals surface area contributed by atoms with Crippen molar-refractivity contribution in [3.8, 4) is 0 Å². The molecule has 2 N–H and O–H groups in total. The number of ether oxygens (including phenoxy) is 1. The summed E-state index contributed by atoms with van der Waals surface area (Å²) >= 11 is 0. The number of hydrogen-bond donors (Lipinski definition) is 2. The van der Waals surface area contributed by atoms with E-state index in [1.807, 2.05) is 6.92 Å². The van der Waals surface area contributed by atoms with Crippen LogP contribution in [0.5, 0.6) is 0 Å². The van der Waals surface area contributed by atoms with Crippen LogP contribution >= 0.6 is 0 Å². The van der Waals surface area contributed by atoms with Gasteiger partial charge in [-0.2, -0.15) is 0 Å². The van der Waals surface area contributed by atoms with Gasteiger partial charge in [0.1, 0.15) is 6.04 Å². The van der Waals surface area contributed by atoms with Gasteiger partial charge >= 0.3 is 5.97 Å². The molecule has 1 heterocycles. The molecular weight excluding hydrogens is 146 g/mol. The Morgan fingerprint density at radius 1 is 1.64 bits per heavy atom. The van der Waals surface area contributed by atoms with Crippen LogP contribution < -0.4 is 5.32 Å². The molecule has 1 aliphatic rings. The molecule has 1 unspecified atom stereocenters. The highest BCUT2D eigenvalue weighted by Gasteiger charge is 2.30. The zero-order valence-corrected chi connectivity index (χ0v) is 6.70. The molecule has 3 atom stereocenters. The zero-order chi connectivity index (χ0) is 8.43. The third-order valence-corrected chi connectivity index (χ3v) is 1.81. The number of nitrogens with one attached hydrogen (secondary N) is 1. The molecule has 64 valence electrons. The van der Waals surface area contributed by atoms with Crippen LogP contribution in [0.3, 0.4) is 0 Å². The molecule has 0 aromatic rings. The highest BCUT2D eigenvalue weighted by Crippen LogP contribution is 2.08. The van der Waals surface area contributed by atoms with Crippen LogP contribution in [0.2, 0.25) is 0 Å². The lowest BCUT2D eigenvalue weighted by Crippen LogP contribution is -2.54. The quantitative estimate of drug-likeness (QED) is 0.558. The van der Waals surface area contributed by atoms with E-state index in [4.69, 9.17) is 9.84 Å². The first-order valence-corrected chi connectivity index (χ1v) is 3.73. The van der Waals surface area contributed by atoms with Crippen molar-refractivity contribution in [3.05, 3.63) is 0 Å². The predicted octanol–water partition coefficient (Wildman–Crippen LogP) is -0.164. The maximum atomic E-state index is 10.5. The van der Waals surface area contributed by atoms with E-state index in [2.05, 4.69) is 5.32 Å². The van der Waals surface area contributed by atoms with Crippen LogP contribution in [0.25, 0.3) is 0 Å². The summed E-state index contributed by atoms with van der Waals surface area (Å²) in [7, 11) is 0. The van der Waals surface area contributed by atoms with Gasteiger partial charge in [0.2, 0.25) is 0 Å². The number of aliphatic carboxylic acids is 1. The summed E-state index contributed by atoms with van der Waals surface area (Å²) in [4.78, 5) is 10.5. The van der Waals surface area contributed by atoms with E-state index in [1.165, 1.54) is 0 Å². The molecule has 0 aliphatic carbocycles. The number of hydrogen-bond acceptors (Lipinski definition) is 3. The monoisotopic (exact) mass is 159 g/mol. The second-order valence-corrected chi connectivity index (χ2v) is 2.88. The van der Waals surface area contributed by atoms with Crippen LogP contribution in [0.15, 0.2) is 0 Å². The third-order valence-electron chi connectivity index (χ3n) is 1.81. The van der Waals surface area contributed by atoms with Gasteiger partial charge in [0.05, 0.1) is 12.2 Å². The Bertz CT molecular complexity index is 160. The van der Waals surface area contributed by atoms with E-state index in [9.17, 15) is 4.79 Å². The molecule has 1 aliphatic heterocycles. The highest BCUT2D eigenvalue weighted by molar-refractivity contribution is 5.74. The van der Waals surface area contributed by atoms with Gasteiger partial charge in [-0.3, -0.25) is 10.1 Å². The fraction of sp³-hybridized carbons (Fsp3) is 0.857. The van der Waals surface area contributed by atoms with Gasteiger partial charge in [-0.05, 0) is 13.8 Å². The van der Waals surface area contributed by atoms with Crippen molar-refractivity contribution in [2.24, 2.45) is 0 Å². The van der Waals surface area contributed by atoms with Gasteiger partial charge in [0.25, 0.3) is 0 Å². The van der Waals surface area contributed by atoms with Gasteiger partial charge in [-0.15, -0.1) is 0 Å². The molecular formula is C7H13NO3. The molecule has 0 aromatic heterocycles. The van der Waals surface area contributed by atoms with Crippen molar-refractivity contribution in [1.29, 1.82) is 0 Å². The molecule has 0 saturated carbocycles. The summed E-state index contributed by atoms with van der Waals surface area (Å²) < 4.78 is 5.32. The molecule has 4 nitrogen and oxygen atoms in total. The Balaban J connectivity index is 2.50. The lowest BCUT2D eigenvalue weighted by atomic mass is 10.1. The summed E-state index contributed by atoms with van der Waals surface area (Å²) in [6.45, 7) is 4.30. The zero-order valence-electron chi connectivity index (χ0n) is 6.70. The number of rotatable bonds is 1. The molecule has 0 amide bonds. The summed E-state index contributed by atoms with van der Waals surface area (Å²) in [6.07, 6.45) is -0.128. The minimum atomic E-state index is -0.843. The fourth-order valence-electron chi connectivity index (χ4n) is 1.24. The number of morpholine rings is 1. The predicted molar refractivity (Wildman–Crippen MR) is 39.4 cm³/mol. The van der Waals surface area contributed by atoms with Crippen LogP contribution in [-0.4, -0.2) is 35.9 Å². The standard InChI is InChI=1S/C7H13NO3/c1-4-3-8-6(7(9)10)5(2)11-4/h4-6,8H,3H2,1-2H3,(H,9,10)/t4-,5+,6?/m0/s1. The van der Waals surface area contributed by atoms with Crippen molar-refractivity contribution in [2.45, 2.75) is 32.1 Å². The van der Waals surface area contributed by atoms with Gasteiger partial charge in [-0.1, -0.05) is 0 Å². The first kappa shape index (κ1) is 8.49. The van der Waals surface area contributed by atoms with Crippen molar-refractivity contribution in [1.82, 2.24) is 5.32 Å². The Kier molecular flexibility index (Phi) is 2.46. The number of carboxylic acid groups (broad SMARTS) is 1. The summed E-state index contributed by atoms with van der Waals surface area (Å²) in [5.41, 5.74) is 0. The van der Waals surface area contributed by atoms with Crippen LogP contribution in [-0.2, 0) is 9.53 Å². The summed E-state index contributed by atoms with van der Waals surface area (Å²) in [5, 5.41) is 11.5. The van der Waals surface area contributed by atoms with E-state index >= 15 is 0 Å². The van der Waals surface area contributed by atoms with Crippen molar-refractivity contribution in [3.63, 3.8) is 0 Å². The second-order valence-electron chi connectivity index (χ2n) is 2.88. The minimum Gasteiger partial charge on any atom is -0.480 e. The molecule has 0 aromatic carbocycles. The SMILES string of the molecule is C[C@H]1CNC(C(=O)O)[C@@H](C)O1. The molecule has 4 heteroatoms. The fourth-order valence-corrected chi connectivity index (χ4v) is 1.24. The number of carboxylic acids is 1. The van der Waals surface area contributed by atoms with Gasteiger partial charge < -0.3 is 9.84 Å². The third kappa shape index (κ3) is 1.91.